The van der Waals surface area contributed by atoms with E-state index < -0.39 is 0 Å². The highest BCUT2D eigenvalue weighted by atomic mass is 16.5. The van der Waals surface area contributed by atoms with Gasteiger partial charge in [0, 0.05) is 39.6 Å². The lowest BCUT2D eigenvalue weighted by molar-refractivity contribution is -0.0378. The van der Waals surface area contributed by atoms with Crippen LogP contribution >= 0.6 is 0 Å². The number of rotatable bonds is 22. The Hall–Kier alpha value is -0.200. The van der Waals surface area contributed by atoms with Gasteiger partial charge in [-0.2, -0.15) is 5.32 Å². The highest BCUT2D eigenvalue weighted by Crippen LogP contribution is 2.26. The zero-order valence-corrected chi connectivity index (χ0v) is 25.3. The molecular weight excluding hydrogens is 438 g/mol. The second-order valence-corrected chi connectivity index (χ2v) is 13.0. The lowest BCUT2D eigenvalue weighted by Gasteiger charge is -2.23. The van der Waals surface area contributed by atoms with E-state index in [-0.39, 0.29) is 12.5 Å². The van der Waals surface area contributed by atoms with E-state index in [0.29, 0.717) is 24.0 Å². The first kappa shape index (κ1) is 34.8. The largest absolute Gasteiger partial charge is 0.381 e. The quantitative estimate of drug-likeness (QED) is 0.142. The smallest absolute Gasteiger partial charge is 0.123 e. The second kappa shape index (κ2) is 19.9. The van der Waals surface area contributed by atoms with E-state index in [0.717, 1.165) is 76.8 Å². The average Bonchev–Trinajstić information content (AvgIpc) is 2.69. The van der Waals surface area contributed by atoms with Gasteiger partial charge in [-0.25, -0.2) is 0 Å². The Morgan fingerprint density at radius 1 is 0.514 bits per heavy atom. The minimum absolute atomic E-state index is 0.136. The van der Waals surface area contributed by atoms with Crippen LogP contribution < -0.4 is 5.32 Å². The molecule has 0 heterocycles. The molecule has 4 atom stereocenters. The van der Waals surface area contributed by atoms with Gasteiger partial charge in [0.15, 0.2) is 0 Å². The van der Waals surface area contributed by atoms with Crippen LogP contribution in [-0.4, -0.2) is 52.1 Å². The molecule has 0 aromatic carbocycles. The van der Waals surface area contributed by atoms with Gasteiger partial charge in [-0.1, -0.05) is 55.4 Å². The van der Waals surface area contributed by atoms with E-state index in [1.807, 2.05) is 13.8 Å². The lowest BCUT2D eigenvalue weighted by atomic mass is 9.84. The highest BCUT2D eigenvalue weighted by Gasteiger charge is 2.16. The van der Waals surface area contributed by atoms with Crippen molar-refractivity contribution in [3.05, 3.63) is 0 Å². The third-order valence-corrected chi connectivity index (χ3v) is 5.94. The molecule has 0 aromatic heterocycles. The molecule has 0 aliphatic rings. The van der Waals surface area contributed by atoms with E-state index >= 15 is 0 Å². The summed E-state index contributed by atoms with van der Waals surface area (Å²) in [5.41, 5.74) is 0.806. The maximum atomic E-state index is 5.81. The fraction of sp³-hybridized carbons (Fsp3) is 1.00. The minimum Gasteiger partial charge on any atom is -0.381 e. The molecule has 0 saturated carbocycles. The molecule has 211 valence electrons. The van der Waals surface area contributed by atoms with Crippen LogP contribution in [0.3, 0.4) is 0 Å². The van der Waals surface area contributed by atoms with Crippen LogP contribution in [0.2, 0.25) is 0 Å². The molecule has 5 nitrogen and oxygen atoms in total. The Bertz CT molecular complexity index is 430. The molecule has 0 bridgehead atoms. The van der Waals surface area contributed by atoms with Gasteiger partial charge in [-0.3, -0.25) is 0 Å². The summed E-state index contributed by atoms with van der Waals surface area (Å²) in [4.78, 5) is 0. The standard InChI is InChI=1S/C30H62NO4/c1-25(23-29(5,6)7)15-21-32-17-11-13-19-34-27(3)31-28(4)35-20-14-12-18-33-22-16-26(2)24-30(8,9)10/h25-28H,11-24H2,1-10H3. The Morgan fingerprint density at radius 2 is 0.857 bits per heavy atom. The molecule has 35 heavy (non-hydrogen) atoms. The zero-order valence-electron chi connectivity index (χ0n) is 25.3. The summed E-state index contributed by atoms with van der Waals surface area (Å²) in [7, 11) is 0. The van der Waals surface area contributed by atoms with Crippen molar-refractivity contribution in [3.63, 3.8) is 0 Å². The van der Waals surface area contributed by atoms with Crippen molar-refractivity contribution >= 4 is 0 Å². The summed E-state index contributed by atoms with van der Waals surface area (Å²) < 4.78 is 23.2. The van der Waals surface area contributed by atoms with Gasteiger partial charge in [0.05, 0.1) is 0 Å². The van der Waals surface area contributed by atoms with Crippen LogP contribution in [0.1, 0.15) is 121 Å². The Balaban J connectivity index is 3.50. The minimum atomic E-state index is -0.136. The van der Waals surface area contributed by atoms with Gasteiger partial charge in [0.2, 0.25) is 0 Å². The molecule has 5 heteroatoms. The van der Waals surface area contributed by atoms with Crippen molar-refractivity contribution in [1.82, 2.24) is 5.32 Å². The van der Waals surface area contributed by atoms with Crippen LogP contribution in [0, 0.1) is 22.7 Å². The van der Waals surface area contributed by atoms with E-state index in [1.165, 1.54) is 12.8 Å². The van der Waals surface area contributed by atoms with Gasteiger partial charge < -0.3 is 18.9 Å². The van der Waals surface area contributed by atoms with Crippen molar-refractivity contribution < 1.29 is 18.9 Å². The molecule has 0 aliphatic carbocycles. The monoisotopic (exact) mass is 500 g/mol. The van der Waals surface area contributed by atoms with Gasteiger partial charge in [-0.05, 0) is 87.9 Å². The summed E-state index contributed by atoms with van der Waals surface area (Å²) >= 11 is 0. The third kappa shape index (κ3) is 26.7. The first-order valence-electron chi connectivity index (χ1n) is 14.4. The van der Waals surface area contributed by atoms with Crippen molar-refractivity contribution in [2.45, 2.75) is 133 Å². The fourth-order valence-corrected chi connectivity index (χ4v) is 4.57. The topological polar surface area (TPSA) is 51.0 Å². The number of unbranched alkanes of at least 4 members (excludes halogenated alkanes) is 2. The molecule has 0 rings (SSSR count). The molecule has 0 fully saturated rings. The number of hydrogen-bond donors (Lipinski definition) is 0. The molecule has 0 aliphatic heterocycles. The normalized spacial score (nSPS) is 16.3. The summed E-state index contributed by atoms with van der Waals surface area (Å²) in [5, 5.41) is 4.56. The van der Waals surface area contributed by atoms with Gasteiger partial charge in [-0.15, -0.1) is 0 Å². The predicted molar refractivity (Wildman–Crippen MR) is 149 cm³/mol. The zero-order chi connectivity index (χ0) is 26.7. The molecule has 0 N–H and O–H groups in total. The average molecular weight is 501 g/mol. The fourth-order valence-electron chi connectivity index (χ4n) is 4.57. The van der Waals surface area contributed by atoms with E-state index in [1.54, 1.807) is 0 Å². The molecule has 0 aromatic rings. The lowest BCUT2D eigenvalue weighted by Crippen LogP contribution is -2.32. The first-order chi connectivity index (χ1) is 16.3. The summed E-state index contributed by atoms with van der Waals surface area (Å²) in [6.45, 7) is 27.2. The molecule has 4 unspecified atom stereocenters. The van der Waals surface area contributed by atoms with Crippen molar-refractivity contribution in [1.29, 1.82) is 0 Å². The maximum absolute atomic E-state index is 5.81. The van der Waals surface area contributed by atoms with Crippen LogP contribution in [0.15, 0.2) is 0 Å². The summed E-state index contributed by atoms with van der Waals surface area (Å²) in [6, 6.07) is 0. The molecule has 1 radical (unpaired) electrons. The number of hydrogen-bond acceptors (Lipinski definition) is 4. The summed E-state index contributed by atoms with van der Waals surface area (Å²) in [5.74, 6) is 1.44. The number of ether oxygens (including phenoxy) is 4. The van der Waals surface area contributed by atoms with Crippen LogP contribution in [-0.2, 0) is 18.9 Å². The van der Waals surface area contributed by atoms with E-state index in [9.17, 15) is 0 Å². The van der Waals surface area contributed by atoms with Crippen molar-refractivity contribution in [3.8, 4) is 0 Å². The first-order valence-corrected chi connectivity index (χ1v) is 14.4. The van der Waals surface area contributed by atoms with Crippen LogP contribution in [0.5, 0.6) is 0 Å². The Morgan fingerprint density at radius 3 is 1.20 bits per heavy atom. The number of nitrogens with zero attached hydrogens (tertiary/aromatic N) is 1. The van der Waals surface area contributed by atoms with Gasteiger partial charge >= 0.3 is 0 Å². The van der Waals surface area contributed by atoms with Gasteiger partial charge in [0.1, 0.15) is 12.5 Å². The predicted octanol–water partition coefficient (Wildman–Crippen LogP) is 7.83. The van der Waals surface area contributed by atoms with E-state index in [2.05, 4.69) is 60.7 Å². The molecule has 0 saturated heterocycles. The second-order valence-electron chi connectivity index (χ2n) is 13.0. The maximum Gasteiger partial charge on any atom is 0.123 e. The van der Waals surface area contributed by atoms with Crippen LogP contribution in [0.25, 0.3) is 0 Å². The molecular formula is C30H62NO4. The van der Waals surface area contributed by atoms with Crippen molar-refractivity contribution in [2.75, 3.05) is 39.6 Å². The Labute approximate surface area is 219 Å². The molecule has 0 amide bonds. The third-order valence-electron chi connectivity index (χ3n) is 5.94. The summed E-state index contributed by atoms with van der Waals surface area (Å²) in [6.07, 6.45) is 8.58. The SMILES string of the molecule is CC(CCOCCCCOC(C)[N]C(C)OCCCCOCCC(C)CC(C)(C)C)CC(C)(C)C. The van der Waals surface area contributed by atoms with E-state index in [4.69, 9.17) is 18.9 Å². The van der Waals surface area contributed by atoms with Crippen molar-refractivity contribution in [2.24, 2.45) is 22.7 Å². The highest BCUT2D eigenvalue weighted by molar-refractivity contribution is 4.67. The van der Waals surface area contributed by atoms with Gasteiger partial charge in [0.25, 0.3) is 0 Å². The molecule has 0 spiro atoms. The van der Waals surface area contributed by atoms with Crippen LogP contribution in [0.4, 0.5) is 0 Å². The Kier molecular flexibility index (Phi) is 19.7.